The number of benzene rings is 1. The fraction of sp³-hybridized carbons (Fsp3) is 0.267. The van der Waals surface area contributed by atoms with Gasteiger partial charge in [0, 0.05) is 22.7 Å². The minimum atomic E-state index is 0.00644. The summed E-state index contributed by atoms with van der Waals surface area (Å²) >= 11 is 1.69. The molecule has 0 radical (unpaired) electrons. The fourth-order valence-electron chi connectivity index (χ4n) is 1.85. The molecular weight excluding hydrogens is 240 g/mol. The second-order valence-electron chi connectivity index (χ2n) is 4.56. The molecule has 2 nitrogen and oxygen atoms in total. The van der Waals surface area contributed by atoms with E-state index in [0.717, 1.165) is 10.6 Å². The zero-order valence-corrected chi connectivity index (χ0v) is 11.8. The van der Waals surface area contributed by atoms with Crippen molar-refractivity contribution in [1.82, 2.24) is 4.98 Å². The highest BCUT2D eigenvalue weighted by atomic mass is 32.2. The Bertz CT molecular complexity index is 550. The zero-order chi connectivity index (χ0) is 13.1. The molecule has 0 saturated carbocycles. The molecule has 0 aliphatic carbocycles. The summed E-state index contributed by atoms with van der Waals surface area (Å²) in [7, 11) is 0. The number of nitrogens with zero attached hydrogens (tertiary/aromatic N) is 1. The molecule has 0 aliphatic rings. The Morgan fingerprint density at radius 3 is 2.67 bits per heavy atom. The number of rotatable bonds is 3. The summed E-state index contributed by atoms with van der Waals surface area (Å²) in [5.74, 6) is 0. The topological polar surface area (TPSA) is 38.9 Å². The smallest absolute Gasteiger partial charge is 0.105 e. The summed E-state index contributed by atoms with van der Waals surface area (Å²) in [4.78, 5) is 5.68. The predicted octanol–water partition coefficient (Wildman–Crippen LogP) is 3.87. The Kier molecular flexibility index (Phi) is 4.04. The van der Waals surface area contributed by atoms with Gasteiger partial charge in [0.05, 0.1) is 0 Å². The molecule has 1 aromatic heterocycles. The first-order valence-corrected chi connectivity index (χ1v) is 6.85. The van der Waals surface area contributed by atoms with Crippen LogP contribution in [0.5, 0.6) is 0 Å². The Hall–Kier alpha value is -1.32. The van der Waals surface area contributed by atoms with Gasteiger partial charge in [-0.2, -0.15) is 0 Å². The van der Waals surface area contributed by atoms with Crippen LogP contribution in [0.25, 0.3) is 0 Å². The van der Waals surface area contributed by atoms with Gasteiger partial charge in [0.2, 0.25) is 0 Å². The highest BCUT2D eigenvalue weighted by Crippen LogP contribution is 2.33. The molecule has 0 saturated heterocycles. The van der Waals surface area contributed by atoms with Crippen molar-refractivity contribution in [3.63, 3.8) is 0 Å². The molecule has 0 bridgehead atoms. The van der Waals surface area contributed by atoms with Gasteiger partial charge in [-0.25, -0.2) is 4.98 Å². The first-order chi connectivity index (χ1) is 8.58. The van der Waals surface area contributed by atoms with E-state index < -0.39 is 0 Å². The maximum absolute atomic E-state index is 5.98. The molecule has 0 aliphatic heterocycles. The van der Waals surface area contributed by atoms with Crippen LogP contribution in [0.15, 0.2) is 46.5 Å². The van der Waals surface area contributed by atoms with Gasteiger partial charge in [-0.3, -0.25) is 0 Å². The summed E-state index contributed by atoms with van der Waals surface area (Å²) in [6.07, 6.45) is 1.82. The van der Waals surface area contributed by atoms with Crippen molar-refractivity contribution in [2.75, 3.05) is 0 Å². The van der Waals surface area contributed by atoms with Gasteiger partial charge in [-0.15, -0.1) is 0 Å². The van der Waals surface area contributed by atoms with Crippen LogP contribution >= 0.6 is 11.8 Å². The lowest BCUT2D eigenvalue weighted by molar-refractivity contribution is 0.779. The van der Waals surface area contributed by atoms with E-state index in [0.29, 0.717) is 0 Å². The molecule has 18 heavy (non-hydrogen) atoms. The molecule has 1 atom stereocenters. The van der Waals surface area contributed by atoms with Crippen LogP contribution in [0.2, 0.25) is 0 Å². The molecule has 2 N–H and O–H groups in total. The van der Waals surface area contributed by atoms with Gasteiger partial charge in [-0.1, -0.05) is 35.5 Å². The van der Waals surface area contributed by atoms with E-state index in [9.17, 15) is 0 Å². The average molecular weight is 258 g/mol. The van der Waals surface area contributed by atoms with Crippen molar-refractivity contribution in [1.29, 1.82) is 0 Å². The average Bonchev–Trinajstić information content (AvgIpc) is 2.33. The number of aryl methyl sites for hydroxylation is 2. The van der Waals surface area contributed by atoms with E-state index >= 15 is 0 Å². The summed E-state index contributed by atoms with van der Waals surface area (Å²) in [5.41, 5.74) is 9.64. The van der Waals surface area contributed by atoms with Crippen LogP contribution < -0.4 is 5.73 Å². The van der Waals surface area contributed by atoms with Crippen LogP contribution in [0.3, 0.4) is 0 Å². The standard InChI is InChI=1S/C15H18N2S/c1-10-6-7-14(11(2)9-10)18-15-13(12(3)16)5-4-8-17-15/h4-9,12H,16H2,1-3H3/t12-/m1/s1. The first-order valence-electron chi connectivity index (χ1n) is 6.03. The molecule has 2 aromatic rings. The maximum atomic E-state index is 5.98. The van der Waals surface area contributed by atoms with Crippen LogP contribution in [0, 0.1) is 13.8 Å². The summed E-state index contributed by atoms with van der Waals surface area (Å²) in [6.45, 7) is 6.22. The Morgan fingerprint density at radius 2 is 2.00 bits per heavy atom. The molecular formula is C15H18N2S. The third-order valence-corrected chi connectivity index (χ3v) is 4.04. The van der Waals surface area contributed by atoms with Gasteiger partial charge < -0.3 is 5.73 Å². The quantitative estimate of drug-likeness (QED) is 0.908. The fourth-order valence-corrected chi connectivity index (χ4v) is 2.90. The number of pyridine rings is 1. The first kappa shape index (κ1) is 13.1. The van der Waals surface area contributed by atoms with E-state index in [2.05, 4.69) is 37.0 Å². The van der Waals surface area contributed by atoms with Crippen LogP contribution in [0.4, 0.5) is 0 Å². The monoisotopic (exact) mass is 258 g/mol. The minimum Gasteiger partial charge on any atom is -0.324 e. The van der Waals surface area contributed by atoms with Crippen molar-refractivity contribution >= 4 is 11.8 Å². The van der Waals surface area contributed by atoms with Gasteiger partial charge in [-0.05, 0) is 38.5 Å². The highest BCUT2D eigenvalue weighted by molar-refractivity contribution is 7.99. The molecule has 3 heteroatoms. The molecule has 94 valence electrons. The second kappa shape index (κ2) is 5.55. The van der Waals surface area contributed by atoms with Crippen molar-refractivity contribution in [3.05, 3.63) is 53.2 Å². The van der Waals surface area contributed by atoms with Gasteiger partial charge in [0.15, 0.2) is 0 Å². The van der Waals surface area contributed by atoms with Crippen LogP contribution in [-0.4, -0.2) is 4.98 Å². The number of nitrogens with two attached hydrogens (primary N) is 1. The number of hydrogen-bond acceptors (Lipinski definition) is 3. The van der Waals surface area contributed by atoms with Crippen molar-refractivity contribution in [2.24, 2.45) is 5.73 Å². The van der Waals surface area contributed by atoms with Crippen LogP contribution in [0.1, 0.15) is 29.7 Å². The molecule has 0 fully saturated rings. The van der Waals surface area contributed by atoms with Crippen molar-refractivity contribution in [3.8, 4) is 0 Å². The number of hydrogen-bond donors (Lipinski definition) is 1. The molecule has 0 unspecified atom stereocenters. The van der Waals surface area contributed by atoms with E-state index in [4.69, 9.17) is 5.73 Å². The van der Waals surface area contributed by atoms with Crippen molar-refractivity contribution < 1.29 is 0 Å². The lowest BCUT2D eigenvalue weighted by Crippen LogP contribution is -2.07. The van der Waals surface area contributed by atoms with Crippen molar-refractivity contribution in [2.45, 2.75) is 36.7 Å². The summed E-state index contributed by atoms with van der Waals surface area (Å²) < 4.78 is 0. The molecule has 2 rings (SSSR count). The summed E-state index contributed by atoms with van der Waals surface area (Å²) in [6, 6.07) is 10.5. The minimum absolute atomic E-state index is 0.00644. The third kappa shape index (κ3) is 2.92. The van der Waals surface area contributed by atoms with Gasteiger partial charge >= 0.3 is 0 Å². The number of aromatic nitrogens is 1. The lowest BCUT2D eigenvalue weighted by atomic mass is 10.2. The molecule has 1 aromatic carbocycles. The lowest BCUT2D eigenvalue weighted by Gasteiger charge is -2.12. The molecule has 1 heterocycles. The Balaban J connectivity index is 2.34. The van der Waals surface area contributed by atoms with E-state index in [-0.39, 0.29) is 6.04 Å². The van der Waals surface area contributed by atoms with E-state index in [1.807, 2.05) is 25.3 Å². The van der Waals surface area contributed by atoms with Gasteiger partial charge in [0.25, 0.3) is 0 Å². The second-order valence-corrected chi connectivity index (χ2v) is 5.59. The normalized spacial score (nSPS) is 12.4. The predicted molar refractivity (Wildman–Crippen MR) is 76.9 cm³/mol. The van der Waals surface area contributed by atoms with E-state index in [1.165, 1.54) is 16.0 Å². The highest BCUT2D eigenvalue weighted by Gasteiger charge is 2.10. The Labute approximate surface area is 113 Å². The van der Waals surface area contributed by atoms with E-state index in [1.54, 1.807) is 11.8 Å². The third-order valence-electron chi connectivity index (χ3n) is 2.83. The SMILES string of the molecule is Cc1ccc(Sc2ncccc2[C@@H](C)N)c(C)c1. The zero-order valence-electron chi connectivity index (χ0n) is 11.0. The van der Waals surface area contributed by atoms with Crippen LogP contribution in [-0.2, 0) is 0 Å². The van der Waals surface area contributed by atoms with Gasteiger partial charge in [0.1, 0.15) is 5.03 Å². The molecule has 0 amide bonds. The largest absolute Gasteiger partial charge is 0.324 e. The summed E-state index contributed by atoms with van der Waals surface area (Å²) in [5, 5.41) is 0.999. The molecule has 0 spiro atoms. The Morgan fingerprint density at radius 1 is 1.22 bits per heavy atom. The maximum Gasteiger partial charge on any atom is 0.105 e.